The molecule has 0 saturated carbocycles. The molecule has 110 valence electrons. The second-order valence-electron chi connectivity index (χ2n) is 4.52. The number of hydrazine groups is 1. The molecule has 0 aliphatic carbocycles. The van der Waals surface area contributed by atoms with Gasteiger partial charge in [0.25, 0.3) is 0 Å². The summed E-state index contributed by atoms with van der Waals surface area (Å²) in [7, 11) is 1.66. The molecule has 0 amide bonds. The molecule has 0 aliphatic rings. The van der Waals surface area contributed by atoms with Crippen LogP contribution in [0.2, 0.25) is 0 Å². The van der Waals surface area contributed by atoms with Gasteiger partial charge in [-0.3, -0.25) is 16.0 Å². The second-order valence-corrected chi connectivity index (χ2v) is 4.52. The molecule has 0 atom stereocenters. The average Bonchev–Trinajstić information content (AvgIpc) is 2.48. The van der Waals surface area contributed by atoms with Crippen LogP contribution in [0.5, 0.6) is 0 Å². The zero-order valence-corrected chi connectivity index (χ0v) is 11.4. The average molecular weight is 290 g/mol. The lowest BCUT2D eigenvalue weighted by Crippen LogP contribution is -2.19. The standard InChI is InChI=1S/C14H15FN4O2/c1-18(9-10-5-2-3-6-11(10)15)13-8-4-7-12(17-16)14(13)19(20)21/h2-8,17H,9,16H2,1H3. The summed E-state index contributed by atoms with van der Waals surface area (Å²) in [5.41, 5.74) is 3.19. The number of nitrogen functional groups attached to an aromatic ring is 1. The van der Waals surface area contributed by atoms with E-state index in [-0.39, 0.29) is 23.7 Å². The number of anilines is 2. The Labute approximate surface area is 121 Å². The first-order valence-corrected chi connectivity index (χ1v) is 6.23. The van der Waals surface area contributed by atoms with Crippen molar-refractivity contribution in [3.63, 3.8) is 0 Å². The number of rotatable bonds is 5. The van der Waals surface area contributed by atoms with Crippen molar-refractivity contribution in [3.8, 4) is 0 Å². The van der Waals surface area contributed by atoms with Crippen molar-refractivity contribution in [2.24, 2.45) is 5.84 Å². The van der Waals surface area contributed by atoms with E-state index in [4.69, 9.17) is 5.84 Å². The van der Waals surface area contributed by atoms with Gasteiger partial charge in [0.15, 0.2) is 0 Å². The molecule has 21 heavy (non-hydrogen) atoms. The highest BCUT2D eigenvalue weighted by molar-refractivity contribution is 5.76. The van der Waals surface area contributed by atoms with E-state index < -0.39 is 4.92 Å². The minimum atomic E-state index is -0.512. The SMILES string of the molecule is CN(Cc1ccccc1F)c1cccc(NN)c1[N+](=O)[O-]. The minimum Gasteiger partial charge on any atom is -0.365 e. The van der Waals surface area contributed by atoms with Crippen molar-refractivity contribution in [1.82, 2.24) is 0 Å². The summed E-state index contributed by atoms with van der Waals surface area (Å²) in [5.74, 6) is 4.95. The minimum absolute atomic E-state index is 0.140. The van der Waals surface area contributed by atoms with Crippen LogP contribution in [0, 0.1) is 15.9 Å². The highest BCUT2D eigenvalue weighted by Gasteiger charge is 2.22. The number of benzene rings is 2. The Hall–Kier alpha value is -2.67. The van der Waals surface area contributed by atoms with E-state index in [1.807, 2.05) is 0 Å². The summed E-state index contributed by atoms with van der Waals surface area (Å²) in [5, 5.41) is 11.2. The summed E-state index contributed by atoms with van der Waals surface area (Å²) in [6.45, 7) is 0.210. The van der Waals surface area contributed by atoms with Crippen molar-refractivity contribution in [2.75, 3.05) is 17.4 Å². The maximum Gasteiger partial charge on any atom is 0.316 e. The quantitative estimate of drug-likeness (QED) is 0.502. The molecule has 0 aromatic heterocycles. The van der Waals surface area contributed by atoms with E-state index in [0.29, 0.717) is 11.3 Å². The fourth-order valence-electron chi connectivity index (χ4n) is 2.12. The highest BCUT2D eigenvalue weighted by atomic mass is 19.1. The molecule has 2 rings (SSSR count). The maximum absolute atomic E-state index is 13.7. The molecular weight excluding hydrogens is 275 g/mol. The molecule has 2 aromatic carbocycles. The first-order chi connectivity index (χ1) is 10.0. The second kappa shape index (κ2) is 6.19. The monoisotopic (exact) mass is 290 g/mol. The molecular formula is C14H15FN4O2. The predicted molar refractivity (Wildman–Crippen MR) is 79.4 cm³/mol. The number of hydrogen-bond donors (Lipinski definition) is 2. The van der Waals surface area contributed by atoms with E-state index in [9.17, 15) is 14.5 Å². The van der Waals surface area contributed by atoms with Crippen LogP contribution < -0.4 is 16.2 Å². The Bertz CT molecular complexity index is 663. The van der Waals surface area contributed by atoms with Gasteiger partial charge in [-0.25, -0.2) is 4.39 Å². The Balaban J connectivity index is 2.37. The van der Waals surface area contributed by atoms with Crippen LogP contribution in [0.1, 0.15) is 5.56 Å². The van der Waals surface area contributed by atoms with Gasteiger partial charge < -0.3 is 10.3 Å². The summed E-state index contributed by atoms with van der Waals surface area (Å²) in [4.78, 5) is 12.3. The summed E-state index contributed by atoms with van der Waals surface area (Å²) >= 11 is 0. The number of nitrogens with zero attached hydrogens (tertiary/aromatic N) is 2. The molecule has 6 nitrogen and oxygen atoms in total. The lowest BCUT2D eigenvalue weighted by atomic mass is 10.1. The van der Waals surface area contributed by atoms with E-state index in [1.54, 1.807) is 42.3 Å². The van der Waals surface area contributed by atoms with Crippen LogP contribution in [-0.2, 0) is 6.54 Å². The lowest BCUT2D eigenvalue weighted by Gasteiger charge is -2.20. The van der Waals surface area contributed by atoms with Gasteiger partial charge in [0.1, 0.15) is 17.2 Å². The Morgan fingerprint density at radius 3 is 2.62 bits per heavy atom. The van der Waals surface area contributed by atoms with Gasteiger partial charge in [-0.2, -0.15) is 0 Å². The van der Waals surface area contributed by atoms with Gasteiger partial charge in [0, 0.05) is 19.2 Å². The van der Waals surface area contributed by atoms with Crippen LogP contribution in [0.15, 0.2) is 42.5 Å². The third-order valence-corrected chi connectivity index (χ3v) is 3.13. The van der Waals surface area contributed by atoms with E-state index in [0.717, 1.165) is 0 Å². The van der Waals surface area contributed by atoms with Crippen molar-refractivity contribution in [1.29, 1.82) is 0 Å². The Kier molecular flexibility index (Phi) is 4.34. The van der Waals surface area contributed by atoms with Crippen molar-refractivity contribution < 1.29 is 9.31 Å². The number of nitro benzene ring substituents is 1. The van der Waals surface area contributed by atoms with Gasteiger partial charge in [0.2, 0.25) is 0 Å². The van der Waals surface area contributed by atoms with E-state index in [2.05, 4.69) is 5.43 Å². The number of nitrogens with one attached hydrogen (secondary N) is 1. The van der Waals surface area contributed by atoms with Gasteiger partial charge in [-0.05, 0) is 18.2 Å². The molecule has 0 heterocycles. The number of nitro groups is 1. The third kappa shape index (κ3) is 3.09. The molecule has 2 aromatic rings. The van der Waals surface area contributed by atoms with Gasteiger partial charge in [-0.1, -0.05) is 24.3 Å². The summed E-state index contributed by atoms with van der Waals surface area (Å²) in [6.07, 6.45) is 0. The van der Waals surface area contributed by atoms with Gasteiger partial charge in [0.05, 0.1) is 4.92 Å². The fraction of sp³-hybridized carbons (Fsp3) is 0.143. The normalized spacial score (nSPS) is 10.2. The third-order valence-electron chi connectivity index (χ3n) is 3.13. The lowest BCUT2D eigenvalue weighted by molar-refractivity contribution is -0.383. The molecule has 3 N–H and O–H groups in total. The number of hydrogen-bond acceptors (Lipinski definition) is 5. The van der Waals surface area contributed by atoms with Crippen molar-refractivity contribution in [3.05, 3.63) is 64.0 Å². The van der Waals surface area contributed by atoms with Crippen LogP contribution in [0.25, 0.3) is 0 Å². The van der Waals surface area contributed by atoms with Crippen LogP contribution in [-0.4, -0.2) is 12.0 Å². The molecule has 7 heteroatoms. The number of nitrogens with two attached hydrogens (primary N) is 1. The molecule has 0 spiro atoms. The largest absolute Gasteiger partial charge is 0.365 e. The summed E-state index contributed by atoms with van der Waals surface area (Å²) in [6, 6.07) is 11.1. The number of halogens is 1. The maximum atomic E-state index is 13.7. The van der Waals surface area contributed by atoms with Crippen molar-refractivity contribution >= 4 is 17.1 Å². The predicted octanol–water partition coefficient (Wildman–Crippen LogP) is 2.66. The van der Waals surface area contributed by atoms with Crippen LogP contribution in [0.3, 0.4) is 0 Å². The highest BCUT2D eigenvalue weighted by Crippen LogP contribution is 2.35. The topological polar surface area (TPSA) is 84.4 Å². The summed E-state index contributed by atoms with van der Waals surface area (Å²) < 4.78 is 13.7. The van der Waals surface area contributed by atoms with Crippen LogP contribution >= 0.6 is 0 Å². The van der Waals surface area contributed by atoms with E-state index in [1.165, 1.54) is 12.1 Å². The van der Waals surface area contributed by atoms with Crippen LogP contribution in [0.4, 0.5) is 21.5 Å². The molecule has 0 unspecified atom stereocenters. The molecule has 0 bridgehead atoms. The molecule has 0 radical (unpaired) electrons. The molecule has 0 saturated heterocycles. The molecule has 0 aliphatic heterocycles. The molecule has 0 fully saturated rings. The van der Waals surface area contributed by atoms with Gasteiger partial charge >= 0.3 is 5.69 Å². The van der Waals surface area contributed by atoms with Gasteiger partial charge in [-0.15, -0.1) is 0 Å². The zero-order valence-electron chi connectivity index (χ0n) is 11.4. The zero-order chi connectivity index (χ0) is 15.4. The Morgan fingerprint density at radius 1 is 1.29 bits per heavy atom. The number of para-hydroxylation sites is 1. The fourth-order valence-corrected chi connectivity index (χ4v) is 2.12. The van der Waals surface area contributed by atoms with Crippen molar-refractivity contribution in [2.45, 2.75) is 6.54 Å². The van der Waals surface area contributed by atoms with E-state index >= 15 is 0 Å². The first kappa shape index (κ1) is 14.7. The smallest absolute Gasteiger partial charge is 0.316 e. The first-order valence-electron chi connectivity index (χ1n) is 6.23. The Morgan fingerprint density at radius 2 is 2.00 bits per heavy atom.